The number of hydrogen-bond acceptors (Lipinski definition) is 2. The molecule has 0 saturated carbocycles. The maximum absolute atomic E-state index is 12.8. The van der Waals surface area contributed by atoms with Gasteiger partial charge in [0.1, 0.15) is 5.82 Å². The summed E-state index contributed by atoms with van der Waals surface area (Å²) in [6.07, 6.45) is 3.18. The minimum absolute atomic E-state index is 0.162. The molecule has 0 aromatic heterocycles. The molecule has 1 nitrogen and oxygen atoms in total. The quantitative estimate of drug-likeness (QED) is 0.595. The van der Waals surface area contributed by atoms with Crippen molar-refractivity contribution in [2.75, 3.05) is 5.75 Å². The summed E-state index contributed by atoms with van der Waals surface area (Å²) in [5.41, 5.74) is 5.81. The maximum atomic E-state index is 12.8. The third-order valence-electron chi connectivity index (χ3n) is 2.31. The lowest BCUT2D eigenvalue weighted by Crippen LogP contribution is -2.18. The van der Waals surface area contributed by atoms with E-state index in [2.05, 4.69) is 6.92 Å². The second kappa shape index (κ2) is 6.85. The molecule has 1 atom stereocenters. The van der Waals surface area contributed by atoms with Crippen LogP contribution in [0.1, 0.15) is 26.2 Å². The van der Waals surface area contributed by atoms with E-state index in [1.165, 1.54) is 6.07 Å². The highest BCUT2D eigenvalue weighted by molar-refractivity contribution is 7.99. The average molecular weight is 227 g/mol. The first-order valence-corrected chi connectivity index (χ1v) is 6.35. The monoisotopic (exact) mass is 227 g/mol. The zero-order valence-corrected chi connectivity index (χ0v) is 9.90. The molecule has 0 spiro atoms. The fourth-order valence-corrected chi connectivity index (χ4v) is 2.21. The fraction of sp³-hybridized carbons (Fsp3) is 0.500. The van der Waals surface area contributed by atoms with Gasteiger partial charge in [0.25, 0.3) is 0 Å². The van der Waals surface area contributed by atoms with Crippen LogP contribution in [0, 0.1) is 5.82 Å². The number of benzene rings is 1. The van der Waals surface area contributed by atoms with Crippen molar-refractivity contribution < 1.29 is 4.39 Å². The van der Waals surface area contributed by atoms with E-state index in [4.69, 9.17) is 5.73 Å². The van der Waals surface area contributed by atoms with Crippen LogP contribution in [0.5, 0.6) is 0 Å². The van der Waals surface area contributed by atoms with Crippen molar-refractivity contribution in [3.05, 3.63) is 30.1 Å². The van der Waals surface area contributed by atoms with Gasteiger partial charge in [0, 0.05) is 10.9 Å². The van der Waals surface area contributed by atoms with E-state index in [0.717, 1.165) is 29.9 Å². The van der Waals surface area contributed by atoms with Gasteiger partial charge in [-0.05, 0) is 43.2 Å². The van der Waals surface area contributed by atoms with Gasteiger partial charge in [0.15, 0.2) is 0 Å². The summed E-state index contributed by atoms with van der Waals surface area (Å²) in [4.78, 5) is 1.00. The molecule has 0 radical (unpaired) electrons. The molecule has 0 aliphatic carbocycles. The first kappa shape index (κ1) is 12.5. The molecule has 0 aliphatic heterocycles. The topological polar surface area (TPSA) is 26.0 Å². The third-order valence-corrected chi connectivity index (χ3v) is 3.39. The molecule has 1 rings (SSSR count). The van der Waals surface area contributed by atoms with Gasteiger partial charge < -0.3 is 5.73 Å². The van der Waals surface area contributed by atoms with E-state index in [-0.39, 0.29) is 5.82 Å². The molecule has 1 aromatic rings. The predicted octanol–water partition coefficient (Wildman–Crippen LogP) is 3.44. The molecule has 1 unspecified atom stereocenters. The van der Waals surface area contributed by atoms with Crippen molar-refractivity contribution in [1.29, 1.82) is 0 Å². The van der Waals surface area contributed by atoms with Crippen LogP contribution in [-0.2, 0) is 0 Å². The number of thioether (sulfide) groups is 1. The Balaban J connectivity index is 2.20. The number of hydrogen-bond donors (Lipinski definition) is 1. The Bertz CT molecular complexity index is 291. The van der Waals surface area contributed by atoms with E-state index in [0.29, 0.717) is 6.04 Å². The smallest absolute Gasteiger partial charge is 0.124 e. The summed E-state index contributed by atoms with van der Waals surface area (Å²) in [5.74, 6) is 0.849. The Hall–Kier alpha value is -0.540. The summed E-state index contributed by atoms with van der Waals surface area (Å²) in [7, 11) is 0. The second-order valence-corrected chi connectivity index (χ2v) is 4.78. The number of halogens is 1. The first-order valence-electron chi connectivity index (χ1n) is 5.36. The molecule has 84 valence electrons. The molecule has 2 N–H and O–H groups in total. The van der Waals surface area contributed by atoms with Crippen LogP contribution < -0.4 is 5.73 Å². The van der Waals surface area contributed by atoms with E-state index in [1.807, 2.05) is 6.07 Å². The zero-order valence-electron chi connectivity index (χ0n) is 9.08. The molecule has 15 heavy (non-hydrogen) atoms. The normalized spacial score (nSPS) is 12.7. The molecule has 0 heterocycles. The lowest BCUT2D eigenvalue weighted by molar-refractivity contribution is 0.589. The van der Waals surface area contributed by atoms with Crippen molar-refractivity contribution in [3.63, 3.8) is 0 Å². The summed E-state index contributed by atoms with van der Waals surface area (Å²) >= 11 is 1.69. The highest BCUT2D eigenvalue weighted by Crippen LogP contribution is 2.20. The lowest BCUT2D eigenvalue weighted by Gasteiger charge is -2.07. The van der Waals surface area contributed by atoms with Gasteiger partial charge >= 0.3 is 0 Å². The highest BCUT2D eigenvalue weighted by Gasteiger charge is 2.00. The molecule has 0 bridgehead atoms. The average Bonchev–Trinajstić information content (AvgIpc) is 2.24. The summed E-state index contributed by atoms with van der Waals surface area (Å²) in [6.45, 7) is 2.10. The third kappa shape index (κ3) is 5.19. The van der Waals surface area contributed by atoms with Crippen LogP contribution in [0.15, 0.2) is 29.2 Å². The van der Waals surface area contributed by atoms with E-state index in [1.54, 1.807) is 23.9 Å². The van der Waals surface area contributed by atoms with Gasteiger partial charge in [-0.2, -0.15) is 0 Å². The van der Waals surface area contributed by atoms with E-state index < -0.39 is 0 Å². The van der Waals surface area contributed by atoms with Crippen molar-refractivity contribution in [1.82, 2.24) is 0 Å². The summed E-state index contributed by atoms with van der Waals surface area (Å²) in [5, 5.41) is 0. The number of nitrogens with two attached hydrogens (primary N) is 1. The summed E-state index contributed by atoms with van der Waals surface area (Å²) in [6, 6.07) is 7.04. The van der Waals surface area contributed by atoms with Crippen LogP contribution in [0.3, 0.4) is 0 Å². The predicted molar refractivity (Wildman–Crippen MR) is 64.6 cm³/mol. The Morgan fingerprint density at radius 2 is 2.27 bits per heavy atom. The van der Waals surface area contributed by atoms with Crippen LogP contribution >= 0.6 is 11.8 Å². The van der Waals surface area contributed by atoms with Crippen molar-refractivity contribution >= 4 is 11.8 Å². The van der Waals surface area contributed by atoms with Crippen molar-refractivity contribution in [2.45, 2.75) is 37.1 Å². The SMILES string of the molecule is CCC(N)CCCSc1cccc(F)c1. The molecular formula is C12H18FNS. The van der Waals surface area contributed by atoms with Crippen LogP contribution in [0.4, 0.5) is 4.39 Å². The van der Waals surface area contributed by atoms with Gasteiger partial charge in [0.2, 0.25) is 0 Å². The Labute approximate surface area is 95.2 Å². The van der Waals surface area contributed by atoms with Gasteiger partial charge in [-0.15, -0.1) is 11.8 Å². The highest BCUT2D eigenvalue weighted by atomic mass is 32.2. The van der Waals surface area contributed by atoms with E-state index in [9.17, 15) is 4.39 Å². The molecule has 0 fully saturated rings. The van der Waals surface area contributed by atoms with Crippen molar-refractivity contribution in [2.24, 2.45) is 5.73 Å². The molecule has 0 saturated heterocycles. The maximum Gasteiger partial charge on any atom is 0.124 e. The van der Waals surface area contributed by atoms with Crippen molar-refractivity contribution in [3.8, 4) is 0 Å². The summed E-state index contributed by atoms with van der Waals surface area (Å²) < 4.78 is 12.8. The molecule has 1 aromatic carbocycles. The van der Waals surface area contributed by atoms with Gasteiger partial charge in [-0.1, -0.05) is 13.0 Å². The van der Waals surface area contributed by atoms with Crippen LogP contribution in [0.2, 0.25) is 0 Å². The zero-order chi connectivity index (χ0) is 11.1. The first-order chi connectivity index (χ1) is 7.22. The minimum atomic E-state index is -0.162. The van der Waals surface area contributed by atoms with Gasteiger partial charge in [0.05, 0.1) is 0 Å². The Kier molecular flexibility index (Phi) is 5.73. The van der Waals surface area contributed by atoms with E-state index >= 15 is 0 Å². The second-order valence-electron chi connectivity index (χ2n) is 3.62. The Morgan fingerprint density at radius 3 is 2.93 bits per heavy atom. The fourth-order valence-electron chi connectivity index (χ4n) is 1.30. The molecule has 0 amide bonds. The molecule has 3 heteroatoms. The van der Waals surface area contributed by atoms with Gasteiger partial charge in [-0.3, -0.25) is 0 Å². The molecular weight excluding hydrogens is 209 g/mol. The van der Waals surface area contributed by atoms with Crippen LogP contribution in [0.25, 0.3) is 0 Å². The largest absolute Gasteiger partial charge is 0.328 e. The molecule has 0 aliphatic rings. The van der Waals surface area contributed by atoms with Gasteiger partial charge in [-0.25, -0.2) is 4.39 Å². The Morgan fingerprint density at radius 1 is 1.47 bits per heavy atom. The number of rotatable bonds is 6. The minimum Gasteiger partial charge on any atom is -0.328 e. The van der Waals surface area contributed by atoms with Crippen LogP contribution in [-0.4, -0.2) is 11.8 Å². The lowest BCUT2D eigenvalue weighted by atomic mass is 10.1. The standard InChI is InChI=1S/C12H18FNS/c1-2-11(14)6-4-8-15-12-7-3-5-10(13)9-12/h3,5,7,9,11H,2,4,6,8,14H2,1H3.